The van der Waals surface area contributed by atoms with Gasteiger partial charge in [-0.05, 0) is 12.1 Å². The Morgan fingerprint density at radius 3 is 3.00 bits per heavy atom. The van der Waals surface area contributed by atoms with Crippen molar-refractivity contribution in [3.63, 3.8) is 0 Å². The molecule has 1 unspecified atom stereocenters. The molecule has 3 rings (SSSR count). The van der Waals surface area contributed by atoms with Crippen molar-refractivity contribution in [1.82, 2.24) is 15.1 Å². The maximum Gasteiger partial charge on any atom is 0.276 e. The van der Waals surface area contributed by atoms with Gasteiger partial charge in [-0.2, -0.15) is 16.7 Å². The van der Waals surface area contributed by atoms with Gasteiger partial charge in [0.1, 0.15) is 11.5 Å². The van der Waals surface area contributed by atoms with Gasteiger partial charge in [0.2, 0.25) is 0 Å². The molecule has 2 aromatic rings. The van der Waals surface area contributed by atoms with Crippen molar-refractivity contribution in [3.05, 3.63) is 24.0 Å². The average molecular weight is 280 g/mol. The van der Waals surface area contributed by atoms with Gasteiger partial charge in [0.25, 0.3) is 5.89 Å². The summed E-state index contributed by atoms with van der Waals surface area (Å²) in [5.74, 6) is 5.02. The molecule has 0 amide bonds. The fourth-order valence-electron chi connectivity index (χ4n) is 1.68. The second-order valence-electron chi connectivity index (χ2n) is 3.84. The predicted octanol–water partition coefficient (Wildman–Crippen LogP) is 2.23. The minimum atomic E-state index is 0.322. The standard InChI is InChI=1S/C11H12N4OS2/c12-9-3-1-2-7(13-9)11-14-10(15-16-11)8-6-17-4-5-18-8/h1-3,8H,4-6H2,(H2,12,13). The molecule has 1 aliphatic rings. The summed E-state index contributed by atoms with van der Waals surface area (Å²) in [5, 5.41) is 4.37. The molecule has 5 nitrogen and oxygen atoms in total. The van der Waals surface area contributed by atoms with Crippen LogP contribution in [0.3, 0.4) is 0 Å². The average Bonchev–Trinajstić information content (AvgIpc) is 2.89. The Balaban J connectivity index is 1.84. The number of nitrogen functional groups attached to an aromatic ring is 1. The van der Waals surface area contributed by atoms with E-state index in [2.05, 4.69) is 15.1 Å². The van der Waals surface area contributed by atoms with Crippen molar-refractivity contribution in [2.75, 3.05) is 23.0 Å². The van der Waals surface area contributed by atoms with Crippen LogP contribution in [0.2, 0.25) is 0 Å². The molecule has 1 atom stereocenters. The maximum absolute atomic E-state index is 5.64. The molecule has 0 saturated carbocycles. The zero-order valence-electron chi connectivity index (χ0n) is 9.57. The van der Waals surface area contributed by atoms with E-state index in [-0.39, 0.29) is 0 Å². The normalized spacial score (nSPS) is 19.9. The van der Waals surface area contributed by atoms with Gasteiger partial charge >= 0.3 is 0 Å². The van der Waals surface area contributed by atoms with E-state index in [9.17, 15) is 0 Å². The number of pyridine rings is 1. The summed E-state index contributed by atoms with van der Waals surface area (Å²) in [7, 11) is 0. The number of hydrogen-bond donors (Lipinski definition) is 1. The third-order valence-corrected chi connectivity index (χ3v) is 5.29. The highest BCUT2D eigenvalue weighted by molar-refractivity contribution is 8.06. The van der Waals surface area contributed by atoms with Crippen molar-refractivity contribution in [2.45, 2.75) is 5.25 Å². The third kappa shape index (κ3) is 2.46. The van der Waals surface area contributed by atoms with Crippen LogP contribution in [0.4, 0.5) is 5.82 Å². The number of rotatable bonds is 2. The monoisotopic (exact) mass is 280 g/mol. The minimum Gasteiger partial charge on any atom is -0.384 e. The van der Waals surface area contributed by atoms with Crippen molar-refractivity contribution in [2.24, 2.45) is 0 Å². The topological polar surface area (TPSA) is 77.8 Å². The second-order valence-corrected chi connectivity index (χ2v) is 6.30. The molecule has 1 fully saturated rings. The van der Waals surface area contributed by atoms with Gasteiger partial charge in [-0.3, -0.25) is 0 Å². The first-order valence-electron chi connectivity index (χ1n) is 5.59. The largest absolute Gasteiger partial charge is 0.384 e. The van der Waals surface area contributed by atoms with Crippen molar-refractivity contribution >= 4 is 29.3 Å². The lowest BCUT2D eigenvalue weighted by Gasteiger charge is -2.16. The van der Waals surface area contributed by atoms with Crippen LogP contribution in [0.1, 0.15) is 11.1 Å². The molecule has 0 aromatic carbocycles. The quantitative estimate of drug-likeness (QED) is 0.903. The van der Waals surface area contributed by atoms with E-state index in [0.717, 1.165) is 17.3 Å². The first-order chi connectivity index (χ1) is 8.83. The molecule has 18 heavy (non-hydrogen) atoms. The van der Waals surface area contributed by atoms with E-state index < -0.39 is 0 Å². The molecule has 7 heteroatoms. The fraction of sp³-hybridized carbons (Fsp3) is 0.364. The van der Waals surface area contributed by atoms with Gasteiger partial charge in [-0.25, -0.2) is 4.98 Å². The summed E-state index contributed by atoms with van der Waals surface area (Å²) in [4.78, 5) is 8.59. The number of hydrogen-bond acceptors (Lipinski definition) is 7. The van der Waals surface area contributed by atoms with Crippen LogP contribution in [0.5, 0.6) is 0 Å². The highest BCUT2D eigenvalue weighted by atomic mass is 32.2. The van der Waals surface area contributed by atoms with E-state index in [1.807, 2.05) is 35.7 Å². The summed E-state index contributed by atoms with van der Waals surface area (Å²) in [5.41, 5.74) is 6.26. The van der Waals surface area contributed by atoms with Crippen molar-refractivity contribution in [1.29, 1.82) is 0 Å². The van der Waals surface area contributed by atoms with E-state index in [1.54, 1.807) is 6.07 Å². The van der Waals surface area contributed by atoms with Crippen molar-refractivity contribution in [3.8, 4) is 11.6 Å². The first kappa shape index (κ1) is 11.9. The third-order valence-electron chi connectivity index (χ3n) is 2.54. The van der Waals surface area contributed by atoms with E-state index in [0.29, 0.717) is 22.7 Å². The number of thioether (sulfide) groups is 2. The van der Waals surface area contributed by atoms with Gasteiger partial charge in [0.15, 0.2) is 5.82 Å². The molecular formula is C11H12N4OS2. The SMILES string of the molecule is Nc1cccc(-c2nc(C3CSCCS3)no2)n1. The van der Waals surface area contributed by atoms with E-state index in [1.165, 1.54) is 5.75 Å². The van der Waals surface area contributed by atoms with Gasteiger partial charge in [-0.1, -0.05) is 11.2 Å². The molecule has 3 heterocycles. The number of nitrogens with zero attached hydrogens (tertiary/aromatic N) is 3. The Kier molecular flexibility index (Phi) is 3.42. The van der Waals surface area contributed by atoms with Crippen LogP contribution in [0.15, 0.2) is 22.7 Å². The Hall–Kier alpha value is -1.21. The Morgan fingerprint density at radius 1 is 1.28 bits per heavy atom. The van der Waals surface area contributed by atoms with Crippen LogP contribution in [0, 0.1) is 0 Å². The fourth-order valence-corrected chi connectivity index (χ4v) is 4.27. The first-order valence-corrected chi connectivity index (χ1v) is 7.79. The van der Waals surface area contributed by atoms with Crippen LogP contribution in [-0.4, -0.2) is 32.4 Å². The van der Waals surface area contributed by atoms with Crippen LogP contribution in [0.25, 0.3) is 11.6 Å². The van der Waals surface area contributed by atoms with Crippen LogP contribution >= 0.6 is 23.5 Å². The molecule has 2 N–H and O–H groups in total. The lowest BCUT2D eigenvalue weighted by atomic mass is 10.3. The van der Waals surface area contributed by atoms with Gasteiger partial charge in [0.05, 0.1) is 5.25 Å². The summed E-state index contributed by atoms with van der Waals surface area (Å²) in [6, 6.07) is 5.37. The number of nitrogens with two attached hydrogens (primary N) is 1. The molecule has 0 spiro atoms. The van der Waals surface area contributed by atoms with Gasteiger partial charge in [-0.15, -0.1) is 11.8 Å². The van der Waals surface area contributed by atoms with Crippen LogP contribution in [-0.2, 0) is 0 Å². The zero-order chi connectivity index (χ0) is 12.4. The van der Waals surface area contributed by atoms with E-state index in [4.69, 9.17) is 10.3 Å². The summed E-state index contributed by atoms with van der Waals surface area (Å²) < 4.78 is 5.26. The Bertz CT molecular complexity index is 539. The molecule has 2 aromatic heterocycles. The molecule has 0 aliphatic carbocycles. The molecular weight excluding hydrogens is 268 g/mol. The molecule has 1 saturated heterocycles. The zero-order valence-corrected chi connectivity index (χ0v) is 11.2. The molecule has 0 bridgehead atoms. The summed E-state index contributed by atoms with van der Waals surface area (Å²) in [6.07, 6.45) is 0. The maximum atomic E-state index is 5.64. The highest BCUT2D eigenvalue weighted by Gasteiger charge is 2.22. The molecule has 0 radical (unpaired) electrons. The minimum absolute atomic E-state index is 0.322. The predicted molar refractivity (Wildman–Crippen MR) is 74.5 cm³/mol. The smallest absolute Gasteiger partial charge is 0.276 e. The summed E-state index contributed by atoms with van der Waals surface area (Å²) in [6.45, 7) is 0. The lowest BCUT2D eigenvalue weighted by Crippen LogP contribution is -2.07. The number of anilines is 1. The molecule has 1 aliphatic heterocycles. The summed E-state index contributed by atoms with van der Waals surface area (Å²) >= 11 is 3.80. The van der Waals surface area contributed by atoms with E-state index >= 15 is 0 Å². The van der Waals surface area contributed by atoms with Crippen molar-refractivity contribution < 1.29 is 4.52 Å². The van der Waals surface area contributed by atoms with Gasteiger partial charge in [0, 0.05) is 17.3 Å². The Morgan fingerprint density at radius 2 is 2.22 bits per heavy atom. The molecule has 94 valence electrons. The van der Waals surface area contributed by atoms with Gasteiger partial charge < -0.3 is 10.3 Å². The lowest BCUT2D eigenvalue weighted by molar-refractivity contribution is 0.422. The Labute approximate surface area is 113 Å². The second kappa shape index (κ2) is 5.19. The number of aromatic nitrogens is 3. The highest BCUT2D eigenvalue weighted by Crippen LogP contribution is 2.35. The van der Waals surface area contributed by atoms with Crippen LogP contribution < -0.4 is 5.73 Å².